The van der Waals surface area contributed by atoms with Crippen LogP contribution in [0.15, 0.2) is 36.7 Å². The summed E-state index contributed by atoms with van der Waals surface area (Å²) >= 11 is 0. The summed E-state index contributed by atoms with van der Waals surface area (Å²) in [6.45, 7) is 0.274. The molecule has 0 radical (unpaired) electrons. The summed E-state index contributed by atoms with van der Waals surface area (Å²) in [5.41, 5.74) is 1.31. The number of carbonyl (C=O) groups excluding carboxylic acids is 1. The smallest absolute Gasteiger partial charge is 0.257 e. The molecule has 110 valence electrons. The lowest BCUT2D eigenvalue weighted by atomic mass is 10.0. The molecule has 3 rings (SSSR count). The number of aliphatic hydroxyl groups is 1. The van der Waals surface area contributed by atoms with Gasteiger partial charge in [0.2, 0.25) is 0 Å². The van der Waals surface area contributed by atoms with Crippen LogP contribution < -0.4 is 0 Å². The van der Waals surface area contributed by atoms with Crippen LogP contribution in [0, 0.1) is 5.82 Å². The zero-order valence-corrected chi connectivity index (χ0v) is 11.6. The van der Waals surface area contributed by atoms with Crippen LogP contribution >= 0.6 is 0 Å². The number of hydrogen-bond acceptors (Lipinski definition) is 3. The van der Waals surface area contributed by atoms with Crippen molar-refractivity contribution >= 4 is 5.91 Å². The van der Waals surface area contributed by atoms with Crippen LogP contribution in [-0.2, 0) is 7.05 Å². The number of carbonyl (C=O) groups is 1. The molecule has 2 heterocycles. The molecule has 0 saturated carbocycles. The minimum Gasteiger partial charge on any atom is -0.391 e. The van der Waals surface area contributed by atoms with Crippen molar-refractivity contribution < 1.29 is 14.3 Å². The maximum Gasteiger partial charge on any atom is 0.257 e. The topological polar surface area (TPSA) is 58.4 Å². The van der Waals surface area contributed by atoms with E-state index in [4.69, 9.17) is 0 Å². The second kappa shape index (κ2) is 5.29. The summed E-state index contributed by atoms with van der Waals surface area (Å²) in [5.74, 6) is -0.489. The lowest BCUT2D eigenvalue weighted by Crippen LogP contribution is -2.31. The van der Waals surface area contributed by atoms with Crippen LogP contribution in [0.4, 0.5) is 4.39 Å². The van der Waals surface area contributed by atoms with Gasteiger partial charge in [0.15, 0.2) is 0 Å². The van der Waals surface area contributed by atoms with E-state index in [9.17, 15) is 14.3 Å². The van der Waals surface area contributed by atoms with Crippen LogP contribution in [0.2, 0.25) is 0 Å². The highest BCUT2D eigenvalue weighted by Crippen LogP contribution is 2.33. The highest BCUT2D eigenvalue weighted by Gasteiger charge is 2.36. The Morgan fingerprint density at radius 1 is 1.38 bits per heavy atom. The summed E-state index contributed by atoms with van der Waals surface area (Å²) in [5, 5.41) is 13.9. The molecule has 5 nitrogen and oxygen atoms in total. The van der Waals surface area contributed by atoms with E-state index in [2.05, 4.69) is 5.10 Å². The van der Waals surface area contributed by atoms with Gasteiger partial charge < -0.3 is 10.0 Å². The molecular formula is C15H16FN3O2. The van der Waals surface area contributed by atoms with Crippen LogP contribution in [0.25, 0.3) is 0 Å². The van der Waals surface area contributed by atoms with Crippen molar-refractivity contribution in [3.8, 4) is 0 Å². The summed E-state index contributed by atoms with van der Waals surface area (Å²) in [4.78, 5) is 14.2. The van der Waals surface area contributed by atoms with Crippen LogP contribution in [0.5, 0.6) is 0 Å². The monoisotopic (exact) mass is 289 g/mol. The minimum atomic E-state index is -0.569. The van der Waals surface area contributed by atoms with Gasteiger partial charge in [0.25, 0.3) is 5.91 Å². The molecule has 1 aliphatic heterocycles. The van der Waals surface area contributed by atoms with Gasteiger partial charge in [-0.2, -0.15) is 5.10 Å². The molecule has 21 heavy (non-hydrogen) atoms. The molecule has 2 aromatic rings. The first-order chi connectivity index (χ1) is 10.0. The average molecular weight is 289 g/mol. The van der Waals surface area contributed by atoms with Gasteiger partial charge in [-0.15, -0.1) is 0 Å². The predicted octanol–water partition coefficient (Wildman–Crippen LogP) is 1.51. The highest BCUT2D eigenvalue weighted by molar-refractivity contribution is 5.94. The molecule has 1 N–H and O–H groups in total. The fraction of sp³-hybridized carbons (Fsp3) is 0.333. The average Bonchev–Trinajstić information content (AvgIpc) is 3.05. The van der Waals surface area contributed by atoms with Crippen molar-refractivity contribution in [3.05, 3.63) is 53.6 Å². The Hall–Kier alpha value is -2.21. The van der Waals surface area contributed by atoms with Gasteiger partial charge in [-0.3, -0.25) is 9.48 Å². The number of benzene rings is 1. The highest BCUT2D eigenvalue weighted by atomic mass is 19.1. The van der Waals surface area contributed by atoms with Crippen molar-refractivity contribution in [2.75, 3.05) is 6.54 Å². The summed E-state index contributed by atoms with van der Waals surface area (Å²) in [6, 6.07) is 5.80. The fourth-order valence-corrected chi connectivity index (χ4v) is 2.74. The number of aryl methyl sites for hydroxylation is 1. The van der Waals surface area contributed by atoms with Gasteiger partial charge in [0.1, 0.15) is 5.82 Å². The van der Waals surface area contributed by atoms with Crippen molar-refractivity contribution in [3.63, 3.8) is 0 Å². The third-order valence-corrected chi connectivity index (χ3v) is 3.75. The Balaban J connectivity index is 1.88. The Kier molecular flexibility index (Phi) is 3.47. The van der Waals surface area contributed by atoms with Crippen molar-refractivity contribution in [1.82, 2.24) is 14.7 Å². The van der Waals surface area contributed by atoms with E-state index in [0.29, 0.717) is 12.0 Å². The van der Waals surface area contributed by atoms with Gasteiger partial charge in [0.05, 0.1) is 23.9 Å². The zero-order valence-electron chi connectivity index (χ0n) is 11.6. The van der Waals surface area contributed by atoms with Gasteiger partial charge in [-0.1, -0.05) is 12.1 Å². The quantitative estimate of drug-likeness (QED) is 0.911. The first kappa shape index (κ1) is 13.8. The number of rotatable bonds is 2. The van der Waals surface area contributed by atoms with E-state index >= 15 is 0 Å². The summed E-state index contributed by atoms with van der Waals surface area (Å²) < 4.78 is 14.6. The number of β-amino-alcohol motifs (C(OH)–C–C–N with tert-alkyl or cyclic N) is 1. The normalized spacial score (nSPS) is 21.8. The molecule has 0 bridgehead atoms. The number of halogens is 1. The molecule has 2 atom stereocenters. The van der Waals surface area contributed by atoms with E-state index in [1.165, 1.54) is 18.3 Å². The van der Waals surface area contributed by atoms with Crippen molar-refractivity contribution in [2.24, 2.45) is 7.05 Å². The third kappa shape index (κ3) is 2.67. The van der Waals surface area contributed by atoms with E-state index in [1.54, 1.807) is 35.0 Å². The van der Waals surface area contributed by atoms with Gasteiger partial charge in [-0.25, -0.2) is 4.39 Å². The number of nitrogens with zero attached hydrogens (tertiary/aromatic N) is 3. The molecule has 1 aliphatic rings. The molecular weight excluding hydrogens is 273 g/mol. The molecule has 1 aromatic heterocycles. The molecule has 1 aromatic carbocycles. The number of amides is 1. The molecule has 6 heteroatoms. The van der Waals surface area contributed by atoms with Crippen molar-refractivity contribution in [2.45, 2.75) is 18.6 Å². The first-order valence-corrected chi connectivity index (χ1v) is 6.78. The summed E-state index contributed by atoms with van der Waals surface area (Å²) in [6.07, 6.45) is 3.04. The maximum atomic E-state index is 13.0. The SMILES string of the molecule is Cn1cc(C(=O)N2C[C@@H](O)C[C@@H]2c2ccc(F)cc2)cn1. The standard InChI is InChI=1S/C15H16FN3O2/c1-18-8-11(7-17-18)15(21)19-9-13(20)6-14(19)10-2-4-12(16)5-3-10/h2-5,7-8,13-14,20H,6,9H2,1H3/t13-,14+/m0/s1. The maximum absolute atomic E-state index is 13.0. The molecule has 0 unspecified atom stereocenters. The van der Waals surface area contributed by atoms with E-state index in [1.807, 2.05) is 0 Å². The van der Waals surface area contributed by atoms with Gasteiger partial charge in [0, 0.05) is 19.8 Å². The van der Waals surface area contributed by atoms with Gasteiger partial charge in [-0.05, 0) is 24.1 Å². The fourth-order valence-electron chi connectivity index (χ4n) is 2.74. The van der Waals surface area contributed by atoms with Crippen LogP contribution in [-0.4, -0.2) is 38.3 Å². The number of aliphatic hydroxyl groups excluding tert-OH is 1. The molecule has 1 fully saturated rings. The first-order valence-electron chi connectivity index (χ1n) is 6.78. The minimum absolute atomic E-state index is 0.172. The summed E-state index contributed by atoms with van der Waals surface area (Å²) in [7, 11) is 1.74. The predicted molar refractivity (Wildman–Crippen MR) is 74.0 cm³/mol. The largest absolute Gasteiger partial charge is 0.391 e. The number of likely N-dealkylation sites (tertiary alicyclic amines) is 1. The lowest BCUT2D eigenvalue weighted by molar-refractivity contribution is 0.0715. The molecule has 1 amide bonds. The molecule has 0 spiro atoms. The van der Waals surface area contributed by atoms with Gasteiger partial charge >= 0.3 is 0 Å². The Labute approximate surface area is 121 Å². The van der Waals surface area contributed by atoms with Crippen LogP contribution in [0.1, 0.15) is 28.4 Å². The Morgan fingerprint density at radius 2 is 2.10 bits per heavy atom. The Morgan fingerprint density at radius 3 is 2.71 bits per heavy atom. The van der Waals surface area contributed by atoms with Crippen LogP contribution in [0.3, 0.4) is 0 Å². The molecule has 0 aliphatic carbocycles. The number of hydrogen-bond donors (Lipinski definition) is 1. The van der Waals surface area contributed by atoms with E-state index in [-0.39, 0.29) is 24.3 Å². The Bertz CT molecular complexity index is 653. The third-order valence-electron chi connectivity index (χ3n) is 3.75. The number of aromatic nitrogens is 2. The second-order valence-corrected chi connectivity index (χ2v) is 5.32. The van der Waals surface area contributed by atoms with Crippen molar-refractivity contribution in [1.29, 1.82) is 0 Å². The van der Waals surface area contributed by atoms with E-state index < -0.39 is 6.10 Å². The van der Waals surface area contributed by atoms with E-state index in [0.717, 1.165) is 5.56 Å². The zero-order chi connectivity index (χ0) is 15.0. The second-order valence-electron chi connectivity index (χ2n) is 5.32. The molecule has 1 saturated heterocycles. The lowest BCUT2D eigenvalue weighted by Gasteiger charge is -2.24.